The van der Waals surface area contributed by atoms with E-state index in [1.54, 1.807) is 11.8 Å². The quantitative estimate of drug-likeness (QED) is 0.842. The Bertz CT molecular complexity index is 519. The molecule has 0 spiro atoms. The molecule has 1 aromatic rings. The molecule has 0 aliphatic rings. The molecule has 0 aliphatic carbocycles. The van der Waals surface area contributed by atoms with Crippen molar-refractivity contribution in [1.82, 2.24) is 15.2 Å². The zero-order valence-electron chi connectivity index (χ0n) is 13.0. The molecule has 0 aromatic carbocycles. The summed E-state index contributed by atoms with van der Waals surface area (Å²) < 4.78 is 0. The van der Waals surface area contributed by atoms with Crippen molar-refractivity contribution in [1.29, 1.82) is 0 Å². The number of aromatic nitrogens is 1. The monoisotopic (exact) mass is 293 g/mol. The summed E-state index contributed by atoms with van der Waals surface area (Å²) in [6, 6.07) is 5.22. The van der Waals surface area contributed by atoms with E-state index in [1.165, 1.54) is 6.92 Å². The molecule has 0 radical (unpaired) electrons. The normalized spacial score (nSPS) is 13.3. The highest BCUT2D eigenvalue weighted by atomic mass is 16.4. The Labute approximate surface area is 125 Å². The van der Waals surface area contributed by atoms with Crippen LogP contribution in [0, 0.1) is 6.92 Å². The molecule has 1 heterocycles. The van der Waals surface area contributed by atoms with Gasteiger partial charge in [-0.25, -0.2) is 9.59 Å². The van der Waals surface area contributed by atoms with Gasteiger partial charge in [0.15, 0.2) is 0 Å². The SMILES string of the molecule is CCN(Cc1cccc(C)n1)C(=O)NC(C)(CC)C(=O)O. The number of rotatable bonds is 6. The van der Waals surface area contributed by atoms with Crippen LogP contribution in [0.25, 0.3) is 0 Å². The Morgan fingerprint density at radius 3 is 2.52 bits per heavy atom. The van der Waals surface area contributed by atoms with Crippen molar-refractivity contribution in [3.63, 3.8) is 0 Å². The molecule has 1 atom stereocenters. The highest BCUT2D eigenvalue weighted by Crippen LogP contribution is 2.11. The summed E-state index contributed by atoms with van der Waals surface area (Å²) >= 11 is 0. The minimum absolute atomic E-state index is 0.314. The van der Waals surface area contributed by atoms with Crippen LogP contribution in [0.1, 0.15) is 38.6 Å². The number of carboxylic acids is 1. The molecule has 2 amide bonds. The Balaban J connectivity index is 2.80. The fraction of sp³-hybridized carbons (Fsp3) is 0.533. The van der Waals surface area contributed by atoms with Crippen molar-refractivity contribution >= 4 is 12.0 Å². The van der Waals surface area contributed by atoms with Crippen LogP contribution in [-0.2, 0) is 11.3 Å². The molecule has 0 saturated heterocycles. The van der Waals surface area contributed by atoms with Crippen molar-refractivity contribution in [2.24, 2.45) is 0 Å². The van der Waals surface area contributed by atoms with Crippen molar-refractivity contribution < 1.29 is 14.7 Å². The Hall–Kier alpha value is -2.11. The summed E-state index contributed by atoms with van der Waals surface area (Å²) in [5.41, 5.74) is 0.401. The molecular weight excluding hydrogens is 270 g/mol. The fourth-order valence-corrected chi connectivity index (χ4v) is 1.82. The number of carboxylic acid groups (broad SMARTS) is 1. The number of carbonyl (C=O) groups excluding carboxylic acids is 1. The largest absolute Gasteiger partial charge is 0.480 e. The molecule has 1 rings (SSSR count). The molecule has 0 bridgehead atoms. The van der Waals surface area contributed by atoms with Crippen molar-refractivity contribution in [2.75, 3.05) is 6.54 Å². The highest BCUT2D eigenvalue weighted by Gasteiger charge is 2.34. The van der Waals surface area contributed by atoms with Crippen LogP contribution in [0.2, 0.25) is 0 Å². The van der Waals surface area contributed by atoms with E-state index in [0.717, 1.165) is 11.4 Å². The van der Waals surface area contributed by atoms with Gasteiger partial charge in [0.05, 0.1) is 12.2 Å². The van der Waals surface area contributed by atoms with Crippen LogP contribution in [0.15, 0.2) is 18.2 Å². The average molecular weight is 293 g/mol. The maximum absolute atomic E-state index is 12.3. The van der Waals surface area contributed by atoms with Crippen molar-refractivity contribution in [2.45, 2.75) is 46.2 Å². The number of aliphatic carboxylic acids is 1. The van der Waals surface area contributed by atoms with E-state index >= 15 is 0 Å². The van der Waals surface area contributed by atoms with Gasteiger partial charge in [-0.05, 0) is 39.3 Å². The lowest BCUT2D eigenvalue weighted by atomic mass is 10.00. The molecule has 6 heteroatoms. The summed E-state index contributed by atoms with van der Waals surface area (Å²) in [7, 11) is 0. The number of amides is 2. The van der Waals surface area contributed by atoms with Gasteiger partial charge in [-0.15, -0.1) is 0 Å². The summed E-state index contributed by atoms with van der Waals surface area (Å²) in [5.74, 6) is -1.04. The van der Waals surface area contributed by atoms with Gasteiger partial charge < -0.3 is 15.3 Å². The number of hydrogen-bond acceptors (Lipinski definition) is 3. The van der Waals surface area contributed by atoms with Gasteiger partial charge >= 0.3 is 12.0 Å². The second kappa shape index (κ2) is 7.06. The lowest BCUT2D eigenvalue weighted by Crippen LogP contribution is -2.55. The minimum Gasteiger partial charge on any atom is -0.480 e. The van der Waals surface area contributed by atoms with E-state index in [9.17, 15) is 14.7 Å². The predicted octanol–water partition coefficient (Wildman–Crippen LogP) is 2.17. The van der Waals surface area contributed by atoms with E-state index in [0.29, 0.717) is 19.5 Å². The van der Waals surface area contributed by atoms with Gasteiger partial charge in [-0.1, -0.05) is 13.0 Å². The third kappa shape index (κ3) is 4.44. The number of carbonyl (C=O) groups is 2. The number of urea groups is 1. The summed E-state index contributed by atoms with van der Waals surface area (Å²) in [5, 5.41) is 11.8. The number of nitrogens with zero attached hydrogens (tertiary/aromatic N) is 2. The molecule has 0 saturated carbocycles. The molecule has 1 aromatic heterocycles. The number of nitrogens with one attached hydrogen (secondary N) is 1. The average Bonchev–Trinajstić information content (AvgIpc) is 2.44. The topological polar surface area (TPSA) is 82.5 Å². The van der Waals surface area contributed by atoms with Gasteiger partial charge in [0, 0.05) is 12.2 Å². The molecule has 1 unspecified atom stereocenters. The van der Waals surface area contributed by atoms with Gasteiger partial charge in [0.1, 0.15) is 5.54 Å². The Morgan fingerprint density at radius 1 is 1.38 bits per heavy atom. The lowest BCUT2D eigenvalue weighted by molar-refractivity contribution is -0.143. The molecule has 2 N–H and O–H groups in total. The second-order valence-electron chi connectivity index (χ2n) is 5.21. The zero-order chi connectivity index (χ0) is 16.0. The maximum atomic E-state index is 12.3. The maximum Gasteiger partial charge on any atom is 0.329 e. The molecule has 6 nitrogen and oxygen atoms in total. The molecular formula is C15H23N3O3. The predicted molar refractivity (Wildman–Crippen MR) is 79.9 cm³/mol. The van der Waals surface area contributed by atoms with E-state index in [2.05, 4.69) is 10.3 Å². The third-order valence-corrected chi connectivity index (χ3v) is 3.53. The van der Waals surface area contributed by atoms with Gasteiger partial charge in [-0.2, -0.15) is 0 Å². The highest BCUT2D eigenvalue weighted by molar-refractivity contribution is 5.85. The van der Waals surface area contributed by atoms with Crippen molar-refractivity contribution in [3.05, 3.63) is 29.6 Å². The van der Waals surface area contributed by atoms with E-state index in [1.807, 2.05) is 32.0 Å². The first-order valence-electron chi connectivity index (χ1n) is 7.05. The molecule has 21 heavy (non-hydrogen) atoms. The fourth-order valence-electron chi connectivity index (χ4n) is 1.82. The summed E-state index contributed by atoms with van der Waals surface area (Å²) in [6.07, 6.45) is 0.314. The number of pyridine rings is 1. The smallest absolute Gasteiger partial charge is 0.329 e. The summed E-state index contributed by atoms with van der Waals surface area (Å²) in [4.78, 5) is 29.4. The Morgan fingerprint density at radius 2 is 2.05 bits per heavy atom. The van der Waals surface area contributed by atoms with Crippen LogP contribution in [0.5, 0.6) is 0 Å². The lowest BCUT2D eigenvalue weighted by Gasteiger charge is -2.29. The van der Waals surface area contributed by atoms with E-state index in [-0.39, 0.29) is 0 Å². The zero-order valence-corrected chi connectivity index (χ0v) is 13.0. The van der Waals surface area contributed by atoms with E-state index < -0.39 is 17.5 Å². The van der Waals surface area contributed by atoms with Crippen LogP contribution in [-0.4, -0.2) is 39.1 Å². The van der Waals surface area contributed by atoms with Crippen LogP contribution in [0.4, 0.5) is 4.79 Å². The molecule has 116 valence electrons. The number of hydrogen-bond donors (Lipinski definition) is 2. The third-order valence-electron chi connectivity index (χ3n) is 3.53. The van der Waals surface area contributed by atoms with Crippen LogP contribution < -0.4 is 5.32 Å². The van der Waals surface area contributed by atoms with E-state index in [4.69, 9.17) is 0 Å². The minimum atomic E-state index is -1.26. The van der Waals surface area contributed by atoms with Gasteiger partial charge in [0.2, 0.25) is 0 Å². The van der Waals surface area contributed by atoms with Crippen LogP contribution >= 0.6 is 0 Å². The molecule has 0 aliphatic heterocycles. The Kier molecular flexibility index (Phi) is 5.69. The first-order chi connectivity index (χ1) is 9.82. The first-order valence-corrected chi connectivity index (χ1v) is 7.05. The standard InChI is InChI=1S/C15H23N3O3/c1-5-15(4,13(19)20)17-14(21)18(6-2)10-12-9-7-8-11(3)16-12/h7-9H,5-6,10H2,1-4H3,(H,17,21)(H,19,20). The first kappa shape index (κ1) is 16.9. The van der Waals surface area contributed by atoms with Gasteiger partial charge in [0.25, 0.3) is 0 Å². The van der Waals surface area contributed by atoms with Gasteiger partial charge in [-0.3, -0.25) is 4.98 Å². The van der Waals surface area contributed by atoms with Crippen molar-refractivity contribution in [3.8, 4) is 0 Å². The second-order valence-corrected chi connectivity index (χ2v) is 5.21. The molecule has 0 fully saturated rings. The summed E-state index contributed by atoms with van der Waals surface area (Å²) in [6.45, 7) is 7.79. The van der Waals surface area contributed by atoms with Crippen LogP contribution in [0.3, 0.4) is 0 Å². The number of aryl methyl sites for hydroxylation is 1.